The van der Waals surface area contributed by atoms with Crippen LogP contribution in [0.4, 0.5) is 5.69 Å². The topological polar surface area (TPSA) is 116 Å². The number of nitrogens with two attached hydrogens (primary N) is 1. The molecule has 0 spiro atoms. The molecule has 0 atom stereocenters. The lowest BCUT2D eigenvalue weighted by molar-refractivity contribution is -0.113. The maximum absolute atomic E-state index is 13.0. The van der Waals surface area contributed by atoms with E-state index in [2.05, 4.69) is 10.3 Å². The average Bonchev–Trinajstić information content (AvgIpc) is 2.77. The van der Waals surface area contributed by atoms with Crippen molar-refractivity contribution >= 4 is 40.2 Å². The van der Waals surface area contributed by atoms with Gasteiger partial charge >= 0.3 is 0 Å². The van der Waals surface area contributed by atoms with E-state index in [0.29, 0.717) is 47.9 Å². The van der Waals surface area contributed by atoms with E-state index in [1.807, 2.05) is 13.0 Å². The third-order valence-electron chi connectivity index (χ3n) is 4.50. The first-order valence-corrected chi connectivity index (χ1v) is 10.9. The Labute approximate surface area is 183 Å². The van der Waals surface area contributed by atoms with Crippen molar-refractivity contribution in [3.63, 3.8) is 0 Å². The van der Waals surface area contributed by atoms with Gasteiger partial charge in [-0.1, -0.05) is 36.0 Å². The highest BCUT2D eigenvalue weighted by atomic mass is 32.2. The number of aromatic nitrogens is 2. The van der Waals surface area contributed by atoms with E-state index >= 15 is 0 Å². The molecule has 0 aliphatic heterocycles. The number of anilines is 1. The number of rotatable bonds is 10. The van der Waals surface area contributed by atoms with Gasteiger partial charge in [-0.2, -0.15) is 0 Å². The summed E-state index contributed by atoms with van der Waals surface area (Å²) < 4.78 is 6.95. The van der Waals surface area contributed by atoms with E-state index in [1.165, 1.54) is 0 Å². The minimum atomic E-state index is -0.622. The molecule has 0 bridgehead atoms. The summed E-state index contributed by atoms with van der Waals surface area (Å²) in [5.41, 5.74) is 6.37. The Balaban J connectivity index is 1.79. The molecule has 3 aromatic rings. The Morgan fingerprint density at radius 3 is 2.68 bits per heavy atom. The fraction of sp³-hybridized carbons (Fsp3) is 0.273. The van der Waals surface area contributed by atoms with Gasteiger partial charge in [0.2, 0.25) is 5.91 Å². The molecule has 2 amide bonds. The molecular formula is C22H24N4O4S. The van der Waals surface area contributed by atoms with Gasteiger partial charge in [0, 0.05) is 19.8 Å². The first-order valence-electron chi connectivity index (χ1n) is 9.90. The number of hydrogen-bond donors (Lipinski definition) is 2. The van der Waals surface area contributed by atoms with Crippen LogP contribution in [0, 0.1) is 0 Å². The SMILES string of the molecule is CCOCCCn1c(SCC(=O)Nc2ccccc2C(N)=O)nc2ccccc2c1=O. The molecule has 1 heterocycles. The van der Waals surface area contributed by atoms with Crippen molar-refractivity contribution in [2.45, 2.75) is 25.0 Å². The number of amides is 2. The maximum Gasteiger partial charge on any atom is 0.262 e. The first kappa shape index (κ1) is 22.5. The van der Waals surface area contributed by atoms with Crippen LogP contribution in [0.25, 0.3) is 10.9 Å². The standard InChI is InChI=1S/C22H24N4O4S/c1-2-30-13-7-12-26-21(29)16-9-4-6-11-18(16)25-22(26)31-14-19(27)24-17-10-5-3-8-15(17)20(23)28/h3-6,8-11H,2,7,12-14H2,1H3,(H2,23,28)(H,24,27). The maximum atomic E-state index is 13.0. The molecule has 0 saturated carbocycles. The number of carbonyl (C=O) groups is 2. The molecule has 0 radical (unpaired) electrons. The molecule has 0 unspecified atom stereocenters. The van der Waals surface area contributed by atoms with Crippen molar-refractivity contribution in [3.05, 3.63) is 64.4 Å². The van der Waals surface area contributed by atoms with E-state index in [4.69, 9.17) is 10.5 Å². The van der Waals surface area contributed by atoms with Gasteiger partial charge < -0.3 is 15.8 Å². The Morgan fingerprint density at radius 2 is 1.90 bits per heavy atom. The largest absolute Gasteiger partial charge is 0.382 e. The van der Waals surface area contributed by atoms with Crippen molar-refractivity contribution in [2.24, 2.45) is 5.73 Å². The molecule has 8 nitrogen and oxygen atoms in total. The number of thioether (sulfide) groups is 1. The predicted octanol–water partition coefficient (Wildman–Crippen LogP) is 2.65. The monoisotopic (exact) mass is 440 g/mol. The van der Waals surface area contributed by atoms with Gasteiger partial charge in [0.1, 0.15) is 0 Å². The second-order valence-corrected chi connectivity index (χ2v) is 7.61. The van der Waals surface area contributed by atoms with E-state index in [9.17, 15) is 14.4 Å². The Bertz CT molecular complexity index is 1150. The van der Waals surface area contributed by atoms with Crippen LogP contribution < -0.4 is 16.6 Å². The summed E-state index contributed by atoms with van der Waals surface area (Å²) in [4.78, 5) is 41.6. The van der Waals surface area contributed by atoms with Crippen LogP contribution in [-0.2, 0) is 16.1 Å². The van der Waals surface area contributed by atoms with Crippen LogP contribution in [0.5, 0.6) is 0 Å². The second-order valence-electron chi connectivity index (χ2n) is 6.67. The summed E-state index contributed by atoms with van der Waals surface area (Å²) in [6, 6.07) is 13.7. The van der Waals surface area contributed by atoms with Gasteiger partial charge in [-0.25, -0.2) is 4.98 Å². The third kappa shape index (κ3) is 5.71. The molecule has 0 aliphatic carbocycles. The van der Waals surface area contributed by atoms with Crippen molar-refractivity contribution in [1.29, 1.82) is 0 Å². The highest BCUT2D eigenvalue weighted by Gasteiger charge is 2.15. The number of benzene rings is 2. The van der Waals surface area contributed by atoms with E-state index in [1.54, 1.807) is 47.0 Å². The quantitative estimate of drug-likeness (QED) is 0.284. The number of fused-ring (bicyclic) bond motifs is 1. The molecule has 9 heteroatoms. The molecule has 1 aromatic heterocycles. The molecular weight excluding hydrogens is 416 g/mol. The van der Waals surface area contributed by atoms with E-state index in [0.717, 1.165) is 11.8 Å². The highest BCUT2D eigenvalue weighted by molar-refractivity contribution is 7.99. The molecule has 162 valence electrons. The zero-order valence-corrected chi connectivity index (χ0v) is 18.0. The third-order valence-corrected chi connectivity index (χ3v) is 5.48. The van der Waals surface area contributed by atoms with Crippen LogP contribution in [0.1, 0.15) is 23.7 Å². The predicted molar refractivity (Wildman–Crippen MR) is 121 cm³/mol. The number of hydrogen-bond acceptors (Lipinski definition) is 6. The van der Waals surface area contributed by atoms with Crippen LogP contribution in [0.2, 0.25) is 0 Å². The van der Waals surface area contributed by atoms with Gasteiger partial charge in [-0.15, -0.1) is 0 Å². The molecule has 0 aliphatic rings. The fourth-order valence-corrected chi connectivity index (χ4v) is 3.87. The summed E-state index contributed by atoms with van der Waals surface area (Å²) in [5.74, 6) is -0.937. The second kappa shape index (κ2) is 10.7. The van der Waals surface area contributed by atoms with Crippen molar-refractivity contribution < 1.29 is 14.3 Å². The average molecular weight is 441 g/mol. The number of primary amides is 1. The first-order chi connectivity index (χ1) is 15.0. The minimum absolute atomic E-state index is 0.0172. The zero-order chi connectivity index (χ0) is 22.2. The lowest BCUT2D eigenvalue weighted by Crippen LogP contribution is -2.25. The lowest BCUT2D eigenvalue weighted by atomic mass is 10.1. The van der Waals surface area contributed by atoms with Gasteiger partial charge in [-0.3, -0.25) is 19.0 Å². The molecule has 2 aromatic carbocycles. The lowest BCUT2D eigenvalue weighted by Gasteiger charge is -2.13. The summed E-state index contributed by atoms with van der Waals surface area (Å²) in [6.45, 7) is 3.49. The van der Waals surface area contributed by atoms with Crippen molar-refractivity contribution in [3.8, 4) is 0 Å². The highest BCUT2D eigenvalue weighted by Crippen LogP contribution is 2.20. The van der Waals surface area contributed by atoms with Crippen LogP contribution in [0.15, 0.2) is 58.5 Å². The van der Waals surface area contributed by atoms with Crippen LogP contribution >= 0.6 is 11.8 Å². The fourth-order valence-electron chi connectivity index (χ4n) is 3.05. The number of para-hydroxylation sites is 2. The van der Waals surface area contributed by atoms with Gasteiger partial charge in [0.15, 0.2) is 5.16 Å². The summed E-state index contributed by atoms with van der Waals surface area (Å²) in [7, 11) is 0. The van der Waals surface area contributed by atoms with Crippen LogP contribution in [0.3, 0.4) is 0 Å². The Morgan fingerprint density at radius 1 is 1.16 bits per heavy atom. The summed E-state index contributed by atoms with van der Waals surface area (Å²) >= 11 is 1.16. The van der Waals surface area contributed by atoms with Crippen molar-refractivity contribution in [1.82, 2.24) is 9.55 Å². The summed E-state index contributed by atoms with van der Waals surface area (Å²) in [5, 5.41) is 3.69. The molecule has 3 rings (SSSR count). The van der Waals surface area contributed by atoms with Gasteiger partial charge in [0.05, 0.1) is 27.9 Å². The number of carbonyl (C=O) groups excluding carboxylic acids is 2. The molecule has 0 fully saturated rings. The van der Waals surface area contributed by atoms with Crippen LogP contribution in [-0.4, -0.2) is 40.3 Å². The Kier molecular flexibility index (Phi) is 7.80. The Hall–Kier alpha value is -3.17. The normalized spacial score (nSPS) is 10.9. The number of nitrogens with zero attached hydrogens (tertiary/aromatic N) is 2. The van der Waals surface area contributed by atoms with E-state index in [-0.39, 0.29) is 22.8 Å². The van der Waals surface area contributed by atoms with Crippen molar-refractivity contribution in [2.75, 3.05) is 24.3 Å². The summed E-state index contributed by atoms with van der Waals surface area (Å²) in [6.07, 6.45) is 0.652. The molecule has 0 saturated heterocycles. The van der Waals surface area contributed by atoms with Gasteiger partial charge in [-0.05, 0) is 37.6 Å². The molecule has 31 heavy (non-hydrogen) atoms. The van der Waals surface area contributed by atoms with Gasteiger partial charge in [0.25, 0.3) is 11.5 Å². The zero-order valence-electron chi connectivity index (χ0n) is 17.2. The number of ether oxygens (including phenoxy) is 1. The minimum Gasteiger partial charge on any atom is -0.382 e. The number of nitrogens with one attached hydrogen (secondary N) is 1. The smallest absolute Gasteiger partial charge is 0.262 e. The van der Waals surface area contributed by atoms with E-state index < -0.39 is 5.91 Å². The molecule has 3 N–H and O–H groups in total.